The predicted molar refractivity (Wildman–Crippen MR) is 89.5 cm³/mol. The zero-order chi connectivity index (χ0) is 18.7. The van der Waals surface area contributed by atoms with Crippen LogP contribution in [-0.4, -0.2) is 26.2 Å². The highest BCUT2D eigenvalue weighted by Crippen LogP contribution is 2.29. The average molecular weight is 376 g/mol. The normalized spacial score (nSPS) is 10.5. The maximum atomic E-state index is 12.9. The van der Waals surface area contributed by atoms with E-state index in [0.29, 0.717) is 11.5 Å². The molecule has 2 aromatic heterocycles. The van der Waals surface area contributed by atoms with Crippen molar-refractivity contribution < 1.29 is 23.6 Å². The van der Waals surface area contributed by atoms with Crippen molar-refractivity contribution in [2.75, 3.05) is 0 Å². The van der Waals surface area contributed by atoms with Crippen LogP contribution in [0.4, 0.5) is 4.39 Å². The molecule has 0 saturated heterocycles. The average Bonchev–Trinajstić information content (AvgIpc) is 3.05. The molecule has 3 rings (SSSR count). The van der Waals surface area contributed by atoms with Gasteiger partial charge in [-0.3, -0.25) is 0 Å². The summed E-state index contributed by atoms with van der Waals surface area (Å²) >= 11 is 6.18. The number of carboxylic acids is 1. The summed E-state index contributed by atoms with van der Waals surface area (Å²) in [6.45, 7) is 3.40. The molecule has 0 saturated carbocycles. The summed E-state index contributed by atoms with van der Waals surface area (Å²) in [5, 5.41) is 12.8. The first kappa shape index (κ1) is 17.6. The molecule has 0 spiro atoms. The molecule has 0 aliphatic heterocycles. The maximum Gasteiger partial charge on any atom is 0.331 e. The van der Waals surface area contributed by atoms with Crippen LogP contribution < -0.4 is 4.74 Å². The van der Waals surface area contributed by atoms with Crippen molar-refractivity contribution in [1.29, 1.82) is 0 Å². The van der Waals surface area contributed by atoms with Gasteiger partial charge in [0.25, 0.3) is 0 Å². The third-order valence-electron chi connectivity index (χ3n) is 3.21. The summed E-state index contributed by atoms with van der Waals surface area (Å²) in [6, 6.07) is 6.98. The van der Waals surface area contributed by atoms with Gasteiger partial charge >= 0.3 is 5.97 Å². The minimum atomic E-state index is -1.15. The van der Waals surface area contributed by atoms with Gasteiger partial charge in [0.15, 0.2) is 0 Å². The fraction of sp³-hybridized carbons (Fsp3) is 0.0588. The second kappa shape index (κ2) is 7.32. The van der Waals surface area contributed by atoms with Crippen LogP contribution in [0, 0.1) is 5.82 Å². The van der Waals surface area contributed by atoms with E-state index in [1.54, 1.807) is 0 Å². The fourth-order valence-electron chi connectivity index (χ4n) is 1.96. The largest absolute Gasteiger partial charge is 0.478 e. The molecule has 7 nitrogen and oxygen atoms in total. The lowest BCUT2D eigenvalue weighted by Gasteiger charge is -2.06. The van der Waals surface area contributed by atoms with Crippen molar-refractivity contribution in [2.24, 2.45) is 0 Å². The highest BCUT2D eigenvalue weighted by Gasteiger charge is 2.16. The van der Waals surface area contributed by atoms with Crippen LogP contribution >= 0.6 is 11.6 Å². The van der Waals surface area contributed by atoms with E-state index < -0.39 is 5.97 Å². The number of rotatable bonds is 6. The van der Waals surface area contributed by atoms with Crippen LogP contribution in [0.1, 0.15) is 5.89 Å². The highest BCUT2D eigenvalue weighted by molar-refractivity contribution is 6.33. The molecule has 2 heterocycles. The SMILES string of the molecule is C=C(Cc1nc(-c2ncc(Oc3ccc(F)cc3)cc2Cl)no1)C(=O)O. The van der Waals surface area contributed by atoms with Gasteiger partial charge in [-0.25, -0.2) is 14.2 Å². The zero-order valence-electron chi connectivity index (χ0n) is 13.1. The Hall–Kier alpha value is -3.26. The van der Waals surface area contributed by atoms with Crippen LogP contribution in [0.3, 0.4) is 0 Å². The molecule has 1 N–H and O–H groups in total. The molecule has 1 aromatic carbocycles. The number of nitrogens with zero attached hydrogens (tertiary/aromatic N) is 3. The number of ether oxygens (including phenoxy) is 1. The van der Waals surface area contributed by atoms with Gasteiger partial charge in [0.2, 0.25) is 11.7 Å². The van der Waals surface area contributed by atoms with E-state index in [1.807, 2.05) is 0 Å². The quantitative estimate of drug-likeness (QED) is 0.652. The Morgan fingerprint density at radius 3 is 2.69 bits per heavy atom. The van der Waals surface area contributed by atoms with Gasteiger partial charge in [-0.15, -0.1) is 0 Å². The van der Waals surface area contributed by atoms with Crippen molar-refractivity contribution in [3.05, 3.63) is 65.4 Å². The van der Waals surface area contributed by atoms with Crippen LogP contribution in [0.5, 0.6) is 11.5 Å². The molecular weight excluding hydrogens is 365 g/mol. The van der Waals surface area contributed by atoms with Crippen LogP contribution in [0.15, 0.2) is 53.2 Å². The lowest BCUT2D eigenvalue weighted by Crippen LogP contribution is -2.02. The maximum absolute atomic E-state index is 12.9. The van der Waals surface area contributed by atoms with E-state index in [2.05, 4.69) is 21.7 Å². The topological polar surface area (TPSA) is 98.3 Å². The molecule has 132 valence electrons. The van der Waals surface area contributed by atoms with Crippen molar-refractivity contribution in [2.45, 2.75) is 6.42 Å². The van der Waals surface area contributed by atoms with Gasteiger partial charge < -0.3 is 14.4 Å². The van der Waals surface area contributed by atoms with E-state index in [-0.39, 0.29) is 40.2 Å². The second-order valence-corrected chi connectivity index (χ2v) is 5.56. The van der Waals surface area contributed by atoms with Crippen LogP contribution in [0.2, 0.25) is 5.02 Å². The molecule has 3 aromatic rings. The Labute approximate surface area is 151 Å². The summed E-state index contributed by atoms with van der Waals surface area (Å²) in [4.78, 5) is 19.0. The number of pyridine rings is 1. The van der Waals surface area contributed by atoms with E-state index in [1.165, 1.54) is 36.5 Å². The molecular formula is C17H11ClFN3O4. The van der Waals surface area contributed by atoms with Crippen molar-refractivity contribution >= 4 is 17.6 Å². The van der Waals surface area contributed by atoms with Crippen molar-refractivity contribution in [1.82, 2.24) is 15.1 Å². The molecule has 0 aliphatic carbocycles. The van der Waals surface area contributed by atoms with Gasteiger partial charge in [-0.1, -0.05) is 23.3 Å². The minimum absolute atomic E-state index is 0.0805. The first-order chi connectivity index (χ1) is 12.4. The van der Waals surface area contributed by atoms with Crippen LogP contribution in [0.25, 0.3) is 11.5 Å². The number of carbonyl (C=O) groups is 1. The van der Waals surface area contributed by atoms with Gasteiger partial charge in [-0.05, 0) is 24.3 Å². The summed E-state index contributed by atoms with van der Waals surface area (Å²) in [7, 11) is 0. The van der Waals surface area contributed by atoms with Gasteiger partial charge in [-0.2, -0.15) is 4.98 Å². The Balaban J connectivity index is 1.77. The summed E-state index contributed by atoms with van der Waals surface area (Å²) in [5.74, 6) is -0.571. The number of carboxylic acid groups (broad SMARTS) is 1. The minimum Gasteiger partial charge on any atom is -0.478 e. The van der Waals surface area contributed by atoms with E-state index >= 15 is 0 Å². The molecule has 0 radical (unpaired) electrons. The lowest BCUT2D eigenvalue weighted by atomic mass is 10.2. The summed E-state index contributed by atoms with van der Waals surface area (Å²) in [6.07, 6.45) is 1.31. The summed E-state index contributed by atoms with van der Waals surface area (Å²) < 4.78 is 23.4. The molecule has 0 atom stereocenters. The number of halogens is 2. The number of hydrogen-bond acceptors (Lipinski definition) is 6. The smallest absolute Gasteiger partial charge is 0.331 e. The zero-order valence-corrected chi connectivity index (χ0v) is 13.9. The second-order valence-electron chi connectivity index (χ2n) is 5.15. The van der Waals surface area contributed by atoms with Crippen molar-refractivity contribution in [3.8, 4) is 23.0 Å². The molecule has 0 fully saturated rings. The molecule has 0 amide bonds. The molecule has 0 unspecified atom stereocenters. The summed E-state index contributed by atoms with van der Waals surface area (Å²) in [5.41, 5.74) is 0.163. The Bertz CT molecular complexity index is 972. The first-order valence-electron chi connectivity index (χ1n) is 7.25. The number of benzene rings is 1. The molecule has 26 heavy (non-hydrogen) atoms. The van der Waals surface area contributed by atoms with Gasteiger partial charge in [0.05, 0.1) is 17.6 Å². The van der Waals surface area contributed by atoms with E-state index in [4.69, 9.17) is 26.0 Å². The third-order valence-corrected chi connectivity index (χ3v) is 3.50. The Kier molecular flexibility index (Phi) is 4.94. The standard InChI is InChI=1S/C17H11ClFN3O4/c1-9(17(23)24)6-14-21-16(22-26-14)15-13(18)7-12(8-20-15)25-11-4-2-10(19)3-5-11/h2-5,7-8H,1,6H2,(H,23,24). The third kappa shape index (κ3) is 4.04. The first-order valence-corrected chi connectivity index (χ1v) is 7.63. The molecule has 9 heteroatoms. The van der Waals surface area contributed by atoms with Crippen LogP contribution in [-0.2, 0) is 11.2 Å². The lowest BCUT2D eigenvalue weighted by molar-refractivity contribution is -0.132. The number of aliphatic carboxylic acids is 1. The molecule has 0 aliphatic rings. The molecule has 0 bridgehead atoms. The fourth-order valence-corrected chi connectivity index (χ4v) is 2.20. The van der Waals surface area contributed by atoms with Gasteiger partial charge in [0.1, 0.15) is 23.0 Å². The number of aromatic nitrogens is 3. The van der Waals surface area contributed by atoms with E-state index in [0.717, 1.165) is 0 Å². The van der Waals surface area contributed by atoms with Crippen molar-refractivity contribution in [3.63, 3.8) is 0 Å². The Morgan fingerprint density at radius 2 is 2.04 bits per heavy atom. The van der Waals surface area contributed by atoms with Gasteiger partial charge in [0, 0.05) is 11.6 Å². The number of hydrogen-bond donors (Lipinski definition) is 1. The Morgan fingerprint density at radius 1 is 1.31 bits per heavy atom. The predicted octanol–water partition coefficient (Wildman–Crippen LogP) is 3.90. The monoisotopic (exact) mass is 375 g/mol. The highest BCUT2D eigenvalue weighted by atomic mass is 35.5. The van der Waals surface area contributed by atoms with E-state index in [9.17, 15) is 9.18 Å².